The van der Waals surface area contributed by atoms with Crippen LogP contribution in [0.2, 0.25) is 6.04 Å². The molecular formula is C11H25ClO2Si. The van der Waals surface area contributed by atoms with Crippen molar-refractivity contribution in [3.8, 4) is 0 Å². The maximum absolute atomic E-state index is 6.04. The van der Waals surface area contributed by atoms with Gasteiger partial charge >= 0.3 is 8.56 Å². The molecule has 0 atom stereocenters. The topological polar surface area (TPSA) is 18.5 Å². The van der Waals surface area contributed by atoms with E-state index < -0.39 is 8.56 Å². The Balaban J connectivity index is 4.16. The molecule has 0 saturated heterocycles. The molecule has 0 heterocycles. The van der Waals surface area contributed by atoms with Crippen molar-refractivity contribution < 1.29 is 8.85 Å². The Hall–Kier alpha value is 0.427. The van der Waals surface area contributed by atoms with E-state index in [0.29, 0.717) is 5.50 Å². The highest BCUT2D eigenvalue weighted by atomic mass is 35.5. The average Bonchev–Trinajstić information content (AvgIpc) is 2.29. The van der Waals surface area contributed by atoms with Crippen LogP contribution >= 0.6 is 11.6 Å². The van der Waals surface area contributed by atoms with Gasteiger partial charge in [0.15, 0.2) is 0 Å². The van der Waals surface area contributed by atoms with Crippen LogP contribution in [0.15, 0.2) is 0 Å². The molecular weight excluding hydrogens is 228 g/mol. The first-order chi connectivity index (χ1) is 7.24. The molecule has 92 valence electrons. The van der Waals surface area contributed by atoms with Gasteiger partial charge in [0.1, 0.15) is 0 Å². The summed E-state index contributed by atoms with van der Waals surface area (Å²) in [6.45, 7) is 7.99. The van der Waals surface area contributed by atoms with Crippen LogP contribution in [-0.4, -0.2) is 27.3 Å². The highest BCUT2D eigenvalue weighted by Crippen LogP contribution is 2.19. The predicted octanol–water partition coefficient (Wildman–Crippen LogP) is 3.86. The summed E-state index contributed by atoms with van der Waals surface area (Å²) in [6.07, 6.45) is 4.41. The van der Waals surface area contributed by atoms with Gasteiger partial charge in [-0.1, -0.05) is 33.6 Å². The smallest absolute Gasteiger partial charge is 0.353 e. The number of unbranched alkanes of at least 4 members (excludes halogenated alkanes) is 1. The Morgan fingerprint density at radius 1 is 0.933 bits per heavy atom. The first kappa shape index (κ1) is 15.4. The molecule has 0 spiro atoms. The zero-order valence-electron chi connectivity index (χ0n) is 10.4. The molecule has 0 aromatic heterocycles. The van der Waals surface area contributed by atoms with Gasteiger partial charge in [0, 0.05) is 13.2 Å². The summed E-state index contributed by atoms with van der Waals surface area (Å²) < 4.78 is 11.8. The summed E-state index contributed by atoms with van der Waals surface area (Å²) in [7, 11) is -2.07. The van der Waals surface area contributed by atoms with Crippen molar-refractivity contribution in [3.63, 3.8) is 0 Å². The van der Waals surface area contributed by atoms with Crippen molar-refractivity contribution in [2.24, 2.45) is 0 Å². The third kappa shape index (κ3) is 6.56. The van der Waals surface area contributed by atoms with Crippen molar-refractivity contribution in [2.75, 3.05) is 18.7 Å². The van der Waals surface area contributed by atoms with Gasteiger partial charge in [0.25, 0.3) is 0 Å². The van der Waals surface area contributed by atoms with E-state index in [9.17, 15) is 0 Å². The lowest BCUT2D eigenvalue weighted by atomic mass is 10.4. The van der Waals surface area contributed by atoms with Crippen molar-refractivity contribution in [3.05, 3.63) is 0 Å². The zero-order valence-corrected chi connectivity index (χ0v) is 12.1. The van der Waals surface area contributed by atoms with Crippen LogP contribution in [0.3, 0.4) is 0 Å². The minimum atomic E-state index is -2.07. The fraction of sp³-hybridized carbons (Fsp3) is 1.00. The van der Waals surface area contributed by atoms with E-state index in [1.165, 1.54) is 6.42 Å². The van der Waals surface area contributed by atoms with Gasteiger partial charge in [-0.3, -0.25) is 0 Å². The van der Waals surface area contributed by atoms with Crippen LogP contribution in [-0.2, 0) is 8.85 Å². The lowest BCUT2D eigenvalue weighted by Crippen LogP contribution is -2.45. The fourth-order valence-electron chi connectivity index (χ4n) is 1.35. The second-order valence-corrected chi connectivity index (χ2v) is 7.81. The van der Waals surface area contributed by atoms with E-state index >= 15 is 0 Å². The van der Waals surface area contributed by atoms with Crippen molar-refractivity contribution in [1.29, 1.82) is 0 Å². The summed E-state index contributed by atoms with van der Waals surface area (Å²) in [6, 6.07) is 1.03. The lowest BCUT2D eigenvalue weighted by molar-refractivity contribution is 0.171. The quantitative estimate of drug-likeness (QED) is 0.434. The zero-order chi connectivity index (χ0) is 11.6. The largest absolute Gasteiger partial charge is 0.394 e. The molecule has 4 heteroatoms. The van der Waals surface area contributed by atoms with Gasteiger partial charge in [0.2, 0.25) is 0 Å². The van der Waals surface area contributed by atoms with Gasteiger partial charge in [-0.25, -0.2) is 0 Å². The molecule has 0 aromatic rings. The van der Waals surface area contributed by atoms with Crippen LogP contribution in [0, 0.1) is 0 Å². The minimum Gasteiger partial charge on any atom is -0.394 e. The Bertz CT molecular complexity index is 123. The molecule has 2 nitrogen and oxygen atoms in total. The van der Waals surface area contributed by atoms with Gasteiger partial charge < -0.3 is 8.85 Å². The number of halogens is 1. The van der Waals surface area contributed by atoms with E-state index in [0.717, 1.165) is 38.5 Å². The average molecular weight is 253 g/mol. The van der Waals surface area contributed by atoms with Crippen LogP contribution in [0.1, 0.15) is 46.5 Å². The molecule has 0 rings (SSSR count). The summed E-state index contributed by atoms with van der Waals surface area (Å²) in [5, 5.41) is 0. The molecule has 0 aliphatic heterocycles. The van der Waals surface area contributed by atoms with Gasteiger partial charge in [-0.15, -0.1) is 11.6 Å². The normalized spacial score (nSPS) is 12.0. The summed E-state index contributed by atoms with van der Waals surface area (Å²) in [4.78, 5) is 0. The second-order valence-electron chi connectivity index (χ2n) is 3.84. The van der Waals surface area contributed by atoms with Crippen LogP contribution in [0.25, 0.3) is 0 Å². The summed E-state index contributed by atoms with van der Waals surface area (Å²) in [5.41, 5.74) is 0.563. The molecule has 0 radical (unpaired) electrons. The van der Waals surface area contributed by atoms with Crippen molar-refractivity contribution >= 4 is 20.2 Å². The maximum atomic E-state index is 6.04. The number of hydrogen-bond acceptors (Lipinski definition) is 2. The molecule has 0 amide bonds. The Morgan fingerprint density at radius 2 is 1.47 bits per heavy atom. The molecule has 0 bridgehead atoms. The molecule has 0 aliphatic carbocycles. The molecule has 15 heavy (non-hydrogen) atoms. The van der Waals surface area contributed by atoms with E-state index in [2.05, 4.69) is 20.8 Å². The molecule has 0 aliphatic rings. The lowest BCUT2D eigenvalue weighted by Gasteiger charge is -2.28. The molecule has 0 fully saturated rings. The first-order valence-corrected chi connectivity index (χ1v) is 8.85. The molecule has 0 saturated carbocycles. The Kier molecular flexibility index (Phi) is 9.91. The monoisotopic (exact) mass is 252 g/mol. The van der Waals surface area contributed by atoms with Crippen LogP contribution in [0.5, 0.6) is 0 Å². The SMILES string of the molecule is CCCC[Si](CCl)(OCCC)OCCC. The Morgan fingerprint density at radius 3 is 1.80 bits per heavy atom. The summed E-state index contributed by atoms with van der Waals surface area (Å²) in [5.74, 6) is 0. The Labute approximate surface area is 101 Å². The minimum absolute atomic E-state index is 0.563. The second kappa shape index (κ2) is 9.64. The van der Waals surface area contributed by atoms with Crippen LogP contribution in [0.4, 0.5) is 0 Å². The third-order valence-electron chi connectivity index (χ3n) is 2.25. The maximum Gasteiger partial charge on any atom is 0.353 e. The number of hydrogen-bond donors (Lipinski definition) is 0. The van der Waals surface area contributed by atoms with Crippen LogP contribution < -0.4 is 0 Å². The first-order valence-electron chi connectivity index (χ1n) is 6.08. The predicted molar refractivity (Wildman–Crippen MR) is 68.7 cm³/mol. The molecule has 0 N–H and O–H groups in total. The fourth-order valence-corrected chi connectivity index (χ4v) is 4.92. The van der Waals surface area contributed by atoms with E-state index in [1.807, 2.05) is 0 Å². The molecule has 0 unspecified atom stereocenters. The standard InChI is InChI=1S/C11H25ClO2Si/c1-4-7-10-15(11-12,13-8-5-2)14-9-6-3/h4-11H2,1-3H3. The van der Waals surface area contributed by atoms with Gasteiger partial charge in [-0.05, 0) is 18.9 Å². The molecule has 0 aromatic carbocycles. The van der Waals surface area contributed by atoms with E-state index in [-0.39, 0.29) is 0 Å². The van der Waals surface area contributed by atoms with E-state index in [4.69, 9.17) is 20.5 Å². The van der Waals surface area contributed by atoms with Gasteiger partial charge in [0.05, 0.1) is 5.50 Å². The van der Waals surface area contributed by atoms with Crippen molar-refractivity contribution in [2.45, 2.75) is 52.5 Å². The summed E-state index contributed by atoms with van der Waals surface area (Å²) >= 11 is 6.04. The highest BCUT2D eigenvalue weighted by Gasteiger charge is 2.35. The highest BCUT2D eigenvalue weighted by molar-refractivity contribution is 6.74. The van der Waals surface area contributed by atoms with Gasteiger partial charge in [-0.2, -0.15) is 0 Å². The van der Waals surface area contributed by atoms with Crippen molar-refractivity contribution in [1.82, 2.24) is 0 Å². The van der Waals surface area contributed by atoms with E-state index in [1.54, 1.807) is 0 Å². The number of rotatable bonds is 10. The third-order valence-corrected chi connectivity index (χ3v) is 6.46. The number of alkyl halides is 1.